The van der Waals surface area contributed by atoms with E-state index in [2.05, 4.69) is 15.7 Å². The highest BCUT2D eigenvalue weighted by Gasteiger charge is 2.42. The number of carbonyl (C=O) groups is 2. The summed E-state index contributed by atoms with van der Waals surface area (Å²) in [4.78, 5) is 27.0. The van der Waals surface area contributed by atoms with Gasteiger partial charge in [-0.2, -0.15) is 5.10 Å². The molecule has 2 amide bonds. The summed E-state index contributed by atoms with van der Waals surface area (Å²) in [5.41, 5.74) is -0.0983. The molecule has 0 unspecified atom stereocenters. The summed E-state index contributed by atoms with van der Waals surface area (Å²) in [6.07, 6.45) is 4.74. The van der Waals surface area contributed by atoms with E-state index in [-0.39, 0.29) is 11.8 Å². The lowest BCUT2D eigenvalue weighted by atomic mass is 9.86. The molecule has 3 rings (SSSR count). The molecule has 0 atom stereocenters. The van der Waals surface area contributed by atoms with Gasteiger partial charge in [0.25, 0.3) is 5.91 Å². The van der Waals surface area contributed by atoms with Gasteiger partial charge in [-0.05, 0) is 25.0 Å². The fourth-order valence-electron chi connectivity index (χ4n) is 3.31. The van der Waals surface area contributed by atoms with Crippen LogP contribution in [0.15, 0.2) is 30.6 Å². The second-order valence-electron chi connectivity index (χ2n) is 6.46. The molecule has 0 bridgehead atoms. The Morgan fingerprint density at radius 1 is 1.16 bits per heavy atom. The van der Waals surface area contributed by atoms with Crippen molar-refractivity contribution in [3.63, 3.8) is 0 Å². The summed E-state index contributed by atoms with van der Waals surface area (Å²) < 4.78 is 3.50. The summed E-state index contributed by atoms with van der Waals surface area (Å²) >= 11 is 0. The van der Waals surface area contributed by atoms with E-state index in [1.165, 1.54) is 0 Å². The van der Waals surface area contributed by atoms with Gasteiger partial charge in [0.05, 0.1) is 0 Å². The van der Waals surface area contributed by atoms with E-state index in [9.17, 15) is 9.59 Å². The Kier molecular flexibility index (Phi) is 4.52. The highest BCUT2D eigenvalue weighted by molar-refractivity contribution is 5.94. The third-order valence-electron chi connectivity index (χ3n) is 4.81. The fourth-order valence-corrected chi connectivity index (χ4v) is 3.31. The third-order valence-corrected chi connectivity index (χ3v) is 4.81. The van der Waals surface area contributed by atoms with Crippen LogP contribution in [0.1, 0.15) is 23.3 Å². The second kappa shape index (κ2) is 6.62. The van der Waals surface area contributed by atoms with Gasteiger partial charge in [0.1, 0.15) is 17.1 Å². The van der Waals surface area contributed by atoms with E-state index >= 15 is 0 Å². The van der Waals surface area contributed by atoms with Crippen molar-refractivity contribution >= 4 is 17.6 Å². The molecule has 0 radical (unpaired) electrons. The Hall–Kier alpha value is -2.77. The Morgan fingerprint density at radius 3 is 2.40 bits per heavy atom. The second-order valence-corrected chi connectivity index (χ2v) is 6.46. The zero-order valence-electron chi connectivity index (χ0n) is 14.8. The monoisotopic (exact) mass is 344 g/mol. The number of nitrogens with zero attached hydrogens (tertiary/aromatic N) is 4. The van der Waals surface area contributed by atoms with E-state index in [0.29, 0.717) is 37.4 Å². The van der Waals surface area contributed by atoms with Crippen molar-refractivity contribution in [3.05, 3.63) is 36.3 Å². The maximum Gasteiger partial charge on any atom is 0.270 e. The van der Waals surface area contributed by atoms with Gasteiger partial charge < -0.3 is 20.1 Å². The average Bonchev–Trinajstić information content (AvgIpc) is 3.22. The topological polar surface area (TPSA) is 84.2 Å². The number of aromatic nitrogens is 3. The summed E-state index contributed by atoms with van der Waals surface area (Å²) in [5, 5.41) is 10.3. The first kappa shape index (κ1) is 17.1. The van der Waals surface area contributed by atoms with Crippen LogP contribution in [-0.4, -0.2) is 56.7 Å². The summed E-state index contributed by atoms with van der Waals surface area (Å²) in [6.45, 7) is 1.02. The fraction of sp³-hybridized carbons (Fsp3) is 0.471. The molecular weight excluding hydrogens is 320 g/mol. The van der Waals surface area contributed by atoms with Gasteiger partial charge in [-0.15, -0.1) is 0 Å². The van der Waals surface area contributed by atoms with Crippen LogP contribution in [0.5, 0.6) is 0 Å². The molecule has 134 valence electrons. The first-order valence-corrected chi connectivity index (χ1v) is 8.36. The van der Waals surface area contributed by atoms with Crippen LogP contribution in [0, 0.1) is 0 Å². The first-order valence-electron chi connectivity index (χ1n) is 8.36. The summed E-state index contributed by atoms with van der Waals surface area (Å²) in [7, 11) is 5.32. The Labute approximate surface area is 146 Å². The zero-order valence-corrected chi connectivity index (χ0v) is 14.8. The molecule has 2 aromatic rings. The number of amides is 2. The third kappa shape index (κ3) is 3.24. The van der Waals surface area contributed by atoms with Crippen molar-refractivity contribution in [2.24, 2.45) is 14.1 Å². The van der Waals surface area contributed by atoms with Crippen LogP contribution >= 0.6 is 0 Å². The number of nitrogens with one attached hydrogen (secondary N) is 2. The molecular formula is C17H24N6O2. The lowest BCUT2D eigenvalue weighted by Gasteiger charge is -2.40. The van der Waals surface area contributed by atoms with Crippen LogP contribution in [0.2, 0.25) is 0 Å². The van der Waals surface area contributed by atoms with Crippen molar-refractivity contribution in [2.75, 3.05) is 25.5 Å². The molecule has 1 aliphatic heterocycles. The quantitative estimate of drug-likeness (QED) is 0.850. The molecule has 0 aromatic carbocycles. The van der Waals surface area contributed by atoms with E-state index in [4.69, 9.17) is 0 Å². The van der Waals surface area contributed by atoms with Crippen molar-refractivity contribution < 1.29 is 9.59 Å². The number of likely N-dealkylation sites (N-methyl/N-ethyl adjacent to an activating group) is 1. The van der Waals surface area contributed by atoms with Crippen LogP contribution in [0.3, 0.4) is 0 Å². The van der Waals surface area contributed by atoms with Crippen molar-refractivity contribution in [1.82, 2.24) is 24.6 Å². The van der Waals surface area contributed by atoms with Crippen molar-refractivity contribution in [2.45, 2.75) is 18.4 Å². The standard InChI is InChI=1S/C17H24N6O2/c1-18-16(25)17(19-14-6-10-22(3)20-14)7-11-23(12-8-17)15(24)13-5-4-9-21(13)2/h4-6,9-10H,7-8,11-12H2,1-3H3,(H,18,25)(H,19,20). The predicted octanol–water partition coefficient (Wildman–Crippen LogP) is 0.592. The maximum absolute atomic E-state index is 12.7. The highest BCUT2D eigenvalue weighted by Crippen LogP contribution is 2.27. The minimum Gasteiger partial charge on any atom is -0.357 e. The predicted molar refractivity (Wildman–Crippen MR) is 94.2 cm³/mol. The molecule has 8 nitrogen and oxygen atoms in total. The van der Waals surface area contributed by atoms with Crippen molar-refractivity contribution in [1.29, 1.82) is 0 Å². The average molecular weight is 344 g/mol. The minimum absolute atomic E-state index is 0.00385. The van der Waals surface area contributed by atoms with E-state index in [1.54, 1.807) is 16.6 Å². The van der Waals surface area contributed by atoms with Crippen LogP contribution in [0.25, 0.3) is 0 Å². The Morgan fingerprint density at radius 2 is 1.88 bits per heavy atom. The van der Waals surface area contributed by atoms with Gasteiger partial charge >= 0.3 is 0 Å². The summed E-state index contributed by atoms with van der Waals surface area (Å²) in [5.74, 6) is 0.577. The minimum atomic E-state index is -0.756. The number of carbonyl (C=O) groups excluding carboxylic acids is 2. The van der Waals surface area contributed by atoms with Gasteiger partial charge in [0, 0.05) is 52.7 Å². The Bertz CT molecular complexity index is 770. The molecule has 1 saturated heterocycles. The molecule has 0 aliphatic carbocycles. The molecule has 2 N–H and O–H groups in total. The van der Waals surface area contributed by atoms with Gasteiger partial charge in [0.2, 0.25) is 5.91 Å². The van der Waals surface area contributed by atoms with Gasteiger partial charge in [0.15, 0.2) is 0 Å². The van der Waals surface area contributed by atoms with Gasteiger partial charge in [-0.3, -0.25) is 14.3 Å². The lowest BCUT2D eigenvalue weighted by molar-refractivity contribution is -0.126. The molecule has 1 aliphatic rings. The number of anilines is 1. The van der Waals surface area contributed by atoms with E-state index in [0.717, 1.165) is 0 Å². The van der Waals surface area contributed by atoms with Crippen LogP contribution < -0.4 is 10.6 Å². The normalized spacial score (nSPS) is 16.5. The number of rotatable bonds is 4. The number of aryl methyl sites for hydroxylation is 2. The molecule has 0 saturated carbocycles. The van der Waals surface area contributed by atoms with E-state index < -0.39 is 5.54 Å². The molecule has 3 heterocycles. The molecule has 1 fully saturated rings. The smallest absolute Gasteiger partial charge is 0.270 e. The number of piperidine rings is 1. The summed E-state index contributed by atoms with van der Waals surface area (Å²) in [6, 6.07) is 5.51. The lowest BCUT2D eigenvalue weighted by Crippen LogP contribution is -2.58. The zero-order chi connectivity index (χ0) is 18.0. The number of hydrogen-bond acceptors (Lipinski definition) is 4. The molecule has 0 spiro atoms. The van der Waals surface area contributed by atoms with E-state index in [1.807, 2.05) is 49.3 Å². The highest BCUT2D eigenvalue weighted by atomic mass is 16.2. The SMILES string of the molecule is CNC(=O)C1(Nc2ccn(C)n2)CCN(C(=O)c2cccn2C)CC1. The van der Waals surface area contributed by atoms with Gasteiger partial charge in [-0.1, -0.05) is 0 Å². The van der Waals surface area contributed by atoms with Crippen LogP contribution in [-0.2, 0) is 18.9 Å². The van der Waals surface area contributed by atoms with Crippen LogP contribution in [0.4, 0.5) is 5.82 Å². The number of likely N-dealkylation sites (tertiary alicyclic amines) is 1. The number of hydrogen-bond donors (Lipinski definition) is 2. The van der Waals surface area contributed by atoms with Crippen molar-refractivity contribution in [3.8, 4) is 0 Å². The molecule has 8 heteroatoms. The molecule has 25 heavy (non-hydrogen) atoms. The Balaban J connectivity index is 1.74. The van der Waals surface area contributed by atoms with Gasteiger partial charge in [-0.25, -0.2) is 0 Å². The maximum atomic E-state index is 12.7. The first-order chi connectivity index (χ1) is 11.9. The largest absolute Gasteiger partial charge is 0.357 e. The molecule has 2 aromatic heterocycles.